The summed E-state index contributed by atoms with van der Waals surface area (Å²) < 4.78 is 0. The van der Waals surface area contributed by atoms with E-state index in [2.05, 4.69) is 11.1 Å². The first kappa shape index (κ1) is 8.25. The van der Waals surface area contributed by atoms with Crippen LogP contribution in [0.3, 0.4) is 0 Å². The van der Waals surface area contributed by atoms with Crippen molar-refractivity contribution in [3.8, 4) is 6.07 Å². The van der Waals surface area contributed by atoms with Crippen LogP contribution in [0, 0.1) is 11.3 Å². The molecule has 1 aromatic heterocycles. The predicted molar refractivity (Wildman–Crippen MR) is 50.0 cm³/mol. The highest BCUT2D eigenvalue weighted by atomic mass is 14.7. The van der Waals surface area contributed by atoms with Crippen LogP contribution >= 0.6 is 0 Å². The number of hydrogen-bond acceptors (Lipinski definition) is 2. The maximum absolute atomic E-state index is 9.18. The van der Waals surface area contributed by atoms with Gasteiger partial charge in [0.25, 0.3) is 0 Å². The van der Waals surface area contributed by atoms with Crippen LogP contribution in [0.25, 0.3) is 0 Å². The van der Waals surface area contributed by atoms with Crippen molar-refractivity contribution in [3.05, 3.63) is 30.1 Å². The summed E-state index contributed by atoms with van der Waals surface area (Å²) in [4.78, 5) is 4.28. The zero-order chi connectivity index (χ0) is 9.15. The molecule has 0 aromatic carbocycles. The maximum Gasteiger partial charge on any atom is 0.0993 e. The molecule has 13 heavy (non-hydrogen) atoms. The third-order valence-electron chi connectivity index (χ3n) is 2.83. The van der Waals surface area contributed by atoms with Crippen molar-refractivity contribution >= 4 is 0 Å². The number of nitriles is 1. The Hall–Kier alpha value is -1.36. The van der Waals surface area contributed by atoms with Crippen molar-refractivity contribution in [2.75, 3.05) is 0 Å². The molecule has 1 heterocycles. The van der Waals surface area contributed by atoms with E-state index in [1.807, 2.05) is 18.2 Å². The van der Waals surface area contributed by atoms with E-state index in [0.29, 0.717) is 0 Å². The van der Waals surface area contributed by atoms with E-state index < -0.39 is 0 Å². The molecule has 1 aliphatic carbocycles. The van der Waals surface area contributed by atoms with Gasteiger partial charge >= 0.3 is 0 Å². The lowest BCUT2D eigenvalue weighted by Gasteiger charge is -2.18. The van der Waals surface area contributed by atoms with Crippen molar-refractivity contribution in [1.29, 1.82) is 5.26 Å². The molecule has 0 amide bonds. The smallest absolute Gasteiger partial charge is 0.0993 e. The third-order valence-corrected chi connectivity index (χ3v) is 2.83. The lowest BCUT2D eigenvalue weighted by molar-refractivity contribution is 0.554. The van der Waals surface area contributed by atoms with E-state index in [0.717, 1.165) is 31.4 Å². The van der Waals surface area contributed by atoms with Gasteiger partial charge in [0.15, 0.2) is 0 Å². The Morgan fingerprint density at radius 2 is 2.08 bits per heavy atom. The molecule has 1 fully saturated rings. The fourth-order valence-electron chi connectivity index (χ4n) is 2.05. The molecule has 0 N–H and O–H groups in total. The summed E-state index contributed by atoms with van der Waals surface area (Å²) in [5.74, 6) is 0. The summed E-state index contributed by atoms with van der Waals surface area (Å²) in [5.41, 5.74) is 0.677. The second-order valence-corrected chi connectivity index (χ2v) is 3.62. The van der Waals surface area contributed by atoms with Gasteiger partial charge in [0, 0.05) is 6.20 Å². The first-order valence-electron chi connectivity index (χ1n) is 4.70. The van der Waals surface area contributed by atoms with Crippen LogP contribution in [0.4, 0.5) is 0 Å². The molecule has 2 heteroatoms. The van der Waals surface area contributed by atoms with Gasteiger partial charge in [-0.05, 0) is 25.0 Å². The summed E-state index contributed by atoms with van der Waals surface area (Å²) in [6.07, 6.45) is 6.03. The summed E-state index contributed by atoms with van der Waals surface area (Å²) in [6.45, 7) is 0. The summed E-state index contributed by atoms with van der Waals surface area (Å²) in [5, 5.41) is 9.18. The Morgan fingerprint density at radius 3 is 2.62 bits per heavy atom. The van der Waals surface area contributed by atoms with Gasteiger partial charge in [-0.3, -0.25) is 4.98 Å². The molecule has 0 unspecified atom stereocenters. The topological polar surface area (TPSA) is 36.7 Å². The molecule has 0 bridgehead atoms. The number of nitrogens with zero attached hydrogens (tertiary/aromatic N) is 2. The molecule has 0 saturated heterocycles. The lowest BCUT2D eigenvalue weighted by Crippen LogP contribution is -2.20. The molecule has 0 atom stereocenters. The first-order valence-corrected chi connectivity index (χ1v) is 4.70. The summed E-state index contributed by atoms with van der Waals surface area (Å²) in [6, 6.07) is 8.25. The zero-order valence-corrected chi connectivity index (χ0v) is 7.53. The Kier molecular flexibility index (Phi) is 2.02. The van der Waals surface area contributed by atoms with Crippen LogP contribution in [-0.2, 0) is 5.41 Å². The molecular formula is C11H12N2. The minimum Gasteiger partial charge on any atom is -0.260 e. The number of pyridine rings is 1. The summed E-state index contributed by atoms with van der Waals surface area (Å²) in [7, 11) is 0. The third kappa shape index (κ3) is 1.31. The molecule has 1 aliphatic rings. The van der Waals surface area contributed by atoms with Gasteiger partial charge in [-0.25, -0.2) is 0 Å². The van der Waals surface area contributed by atoms with Crippen LogP contribution in [0.1, 0.15) is 31.4 Å². The minimum atomic E-state index is -0.277. The quantitative estimate of drug-likeness (QED) is 0.652. The maximum atomic E-state index is 9.18. The Bertz CT molecular complexity index is 318. The van der Waals surface area contributed by atoms with Gasteiger partial charge < -0.3 is 0 Å². The number of rotatable bonds is 1. The first-order chi connectivity index (χ1) is 6.37. The van der Waals surface area contributed by atoms with Crippen LogP contribution in [0.5, 0.6) is 0 Å². The number of hydrogen-bond donors (Lipinski definition) is 0. The minimum absolute atomic E-state index is 0.277. The van der Waals surface area contributed by atoms with Gasteiger partial charge in [0.1, 0.15) is 0 Å². The van der Waals surface area contributed by atoms with Crippen molar-refractivity contribution in [1.82, 2.24) is 4.98 Å². The largest absolute Gasteiger partial charge is 0.260 e. The van der Waals surface area contributed by atoms with E-state index in [9.17, 15) is 5.26 Å². The van der Waals surface area contributed by atoms with Crippen molar-refractivity contribution in [2.45, 2.75) is 31.1 Å². The normalized spacial score (nSPS) is 19.6. The van der Waals surface area contributed by atoms with E-state index >= 15 is 0 Å². The standard InChI is InChI=1S/C11H12N2/c12-9-11(6-2-3-7-11)10-5-1-4-8-13-10/h1,4-5,8H,2-3,6-7H2. The van der Waals surface area contributed by atoms with Crippen molar-refractivity contribution < 1.29 is 0 Å². The number of aromatic nitrogens is 1. The van der Waals surface area contributed by atoms with Crippen LogP contribution < -0.4 is 0 Å². The molecule has 0 spiro atoms. The van der Waals surface area contributed by atoms with E-state index in [-0.39, 0.29) is 5.41 Å². The second kappa shape index (κ2) is 3.18. The van der Waals surface area contributed by atoms with Crippen molar-refractivity contribution in [3.63, 3.8) is 0 Å². The van der Waals surface area contributed by atoms with Crippen LogP contribution in [0.2, 0.25) is 0 Å². The molecule has 1 aromatic rings. The van der Waals surface area contributed by atoms with Gasteiger partial charge in [-0.15, -0.1) is 0 Å². The molecule has 2 nitrogen and oxygen atoms in total. The average molecular weight is 172 g/mol. The molecule has 0 aliphatic heterocycles. The molecule has 66 valence electrons. The van der Waals surface area contributed by atoms with Gasteiger partial charge in [0.2, 0.25) is 0 Å². The SMILES string of the molecule is N#CC1(c2ccccn2)CCCC1. The highest BCUT2D eigenvalue weighted by Gasteiger charge is 2.36. The monoisotopic (exact) mass is 172 g/mol. The fraction of sp³-hybridized carbons (Fsp3) is 0.455. The highest BCUT2D eigenvalue weighted by molar-refractivity contribution is 5.27. The van der Waals surface area contributed by atoms with Gasteiger partial charge in [-0.2, -0.15) is 5.26 Å². The van der Waals surface area contributed by atoms with Crippen molar-refractivity contribution in [2.24, 2.45) is 0 Å². The Labute approximate surface area is 78.2 Å². The molecule has 1 saturated carbocycles. The van der Waals surface area contributed by atoms with Crippen LogP contribution in [-0.4, -0.2) is 4.98 Å². The summed E-state index contributed by atoms with van der Waals surface area (Å²) >= 11 is 0. The van der Waals surface area contributed by atoms with E-state index in [1.54, 1.807) is 6.20 Å². The molecule has 2 rings (SSSR count). The predicted octanol–water partition coefficient (Wildman–Crippen LogP) is 2.42. The Morgan fingerprint density at radius 1 is 1.31 bits per heavy atom. The lowest BCUT2D eigenvalue weighted by atomic mass is 9.84. The molecular weight excluding hydrogens is 160 g/mol. The van der Waals surface area contributed by atoms with Gasteiger partial charge in [0.05, 0.1) is 17.2 Å². The van der Waals surface area contributed by atoms with Gasteiger partial charge in [-0.1, -0.05) is 18.9 Å². The Balaban J connectivity index is 2.38. The zero-order valence-electron chi connectivity index (χ0n) is 7.53. The molecule has 0 radical (unpaired) electrons. The highest BCUT2D eigenvalue weighted by Crippen LogP contribution is 2.39. The fourth-order valence-corrected chi connectivity index (χ4v) is 2.05. The van der Waals surface area contributed by atoms with Crippen LogP contribution in [0.15, 0.2) is 24.4 Å². The average Bonchev–Trinajstić information content (AvgIpc) is 2.69. The van der Waals surface area contributed by atoms with E-state index in [4.69, 9.17) is 0 Å². The second-order valence-electron chi connectivity index (χ2n) is 3.62. The van der Waals surface area contributed by atoms with E-state index in [1.165, 1.54) is 0 Å².